The number of para-hydroxylation sites is 1. The van der Waals surface area contributed by atoms with Gasteiger partial charge in [-0.1, -0.05) is 32.0 Å². The summed E-state index contributed by atoms with van der Waals surface area (Å²) >= 11 is 0. The molecule has 6 heteroatoms. The topological polar surface area (TPSA) is 75.7 Å². The van der Waals surface area contributed by atoms with Gasteiger partial charge in [-0.3, -0.25) is 19.3 Å². The average molecular weight is 392 g/mol. The molecule has 3 amide bonds. The van der Waals surface area contributed by atoms with Gasteiger partial charge in [-0.25, -0.2) is 0 Å². The van der Waals surface area contributed by atoms with Crippen molar-refractivity contribution in [2.75, 3.05) is 18.5 Å². The number of carbonyl (C=O) groups is 3. The highest BCUT2D eigenvalue weighted by Crippen LogP contribution is 2.28. The maximum Gasteiger partial charge on any atom is 0.261 e. The molecule has 29 heavy (non-hydrogen) atoms. The van der Waals surface area contributed by atoms with Crippen LogP contribution < -0.4 is 5.32 Å². The van der Waals surface area contributed by atoms with Gasteiger partial charge in [0.05, 0.1) is 23.8 Å². The zero-order chi connectivity index (χ0) is 20.5. The van der Waals surface area contributed by atoms with Crippen molar-refractivity contribution in [3.63, 3.8) is 0 Å². The summed E-state index contributed by atoms with van der Waals surface area (Å²) in [5, 5.41) is 2.93. The monoisotopic (exact) mass is 392 g/mol. The minimum Gasteiger partial charge on any atom is -0.376 e. The van der Waals surface area contributed by atoms with Crippen molar-refractivity contribution in [2.45, 2.75) is 38.7 Å². The van der Waals surface area contributed by atoms with E-state index in [1.807, 2.05) is 24.3 Å². The van der Waals surface area contributed by atoms with E-state index >= 15 is 0 Å². The first kappa shape index (κ1) is 19.3. The molecule has 0 bridgehead atoms. The van der Waals surface area contributed by atoms with Crippen LogP contribution in [0, 0.1) is 0 Å². The number of nitrogens with one attached hydrogen (secondary N) is 1. The Hall–Kier alpha value is -2.99. The number of benzene rings is 2. The third kappa shape index (κ3) is 3.68. The van der Waals surface area contributed by atoms with Crippen molar-refractivity contribution in [1.29, 1.82) is 0 Å². The van der Waals surface area contributed by atoms with E-state index in [0.717, 1.165) is 24.1 Å². The fourth-order valence-electron chi connectivity index (χ4n) is 3.90. The summed E-state index contributed by atoms with van der Waals surface area (Å²) in [5.41, 5.74) is 2.75. The fraction of sp³-hybridized carbons (Fsp3) is 0.348. The van der Waals surface area contributed by atoms with Gasteiger partial charge in [0.25, 0.3) is 17.7 Å². The molecule has 1 saturated heterocycles. The van der Waals surface area contributed by atoms with Crippen LogP contribution in [0.4, 0.5) is 5.69 Å². The number of nitrogens with zero attached hydrogens (tertiary/aromatic N) is 1. The highest BCUT2D eigenvalue weighted by atomic mass is 16.5. The predicted molar refractivity (Wildman–Crippen MR) is 109 cm³/mol. The molecule has 150 valence electrons. The molecule has 1 unspecified atom stereocenters. The van der Waals surface area contributed by atoms with Crippen LogP contribution in [0.1, 0.15) is 69.2 Å². The van der Waals surface area contributed by atoms with Crippen LogP contribution in [0.25, 0.3) is 0 Å². The second-order valence-corrected chi connectivity index (χ2v) is 7.81. The second kappa shape index (κ2) is 7.79. The van der Waals surface area contributed by atoms with E-state index in [4.69, 9.17) is 4.74 Å². The van der Waals surface area contributed by atoms with Gasteiger partial charge in [0.15, 0.2) is 0 Å². The zero-order valence-electron chi connectivity index (χ0n) is 16.6. The molecule has 0 aliphatic carbocycles. The first-order valence-corrected chi connectivity index (χ1v) is 9.98. The largest absolute Gasteiger partial charge is 0.376 e. The van der Waals surface area contributed by atoms with Crippen LogP contribution in [0.2, 0.25) is 0 Å². The molecule has 2 aromatic rings. The highest BCUT2D eigenvalue weighted by Gasteiger charge is 2.38. The number of fused-ring (bicyclic) bond motifs is 1. The summed E-state index contributed by atoms with van der Waals surface area (Å²) in [4.78, 5) is 39.5. The van der Waals surface area contributed by atoms with Crippen molar-refractivity contribution in [3.8, 4) is 0 Å². The Kier molecular flexibility index (Phi) is 5.20. The second-order valence-electron chi connectivity index (χ2n) is 7.81. The molecule has 6 nitrogen and oxygen atoms in total. The zero-order valence-corrected chi connectivity index (χ0v) is 16.6. The highest BCUT2D eigenvalue weighted by molar-refractivity contribution is 6.22. The molecular weight excluding hydrogens is 368 g/mol. The van der Waals surface area contributed by atoms with Crippen LogP contribution in [-0.2, 0) is 4.74 Å². The van der Waals surface area contributed by atoms with E-state index in [1.165, 1.54) is 11.0 Å². The van der Waals surface area contributed by atoms with Crippen LogP contribution in [0.5, 0.6) is 0 Å². The molecule has 0 aromatic heterocycles. The average Bonchev–Trinajstić information content (AvgIpc) is 3.31. The van der Waals surface area contributed by atoms with Crippen LogP contribution in [0.15, 0.2) is 42.5 Å². The number of carbonyl (C=O) groups excluding carboxylic acids is 3. The fourth-order valence-corrected chi connectivity index (χ4v) is 3.90. The molecule has 2 aliphatic rings. The van der Waals surface area contributed by atoms with Crippen LogP contribution in [0.3, 0.4) is 0 Å². The minimum absolute atomic E-state index is 0.104. The van der Waals surface area contributed by atoms with Gasteiger partial charge in [-0.05, 0) is 48.6 Å². The van der Waals surface area contributed by atoms with Gasteiger partial charge < -0.3 is 10.1 Å². The van der Waals surface area contributed by atoms with Gasteiger partial charge in [0, 0.05) is 17.9 Å². The third-order valence-corrected chi connectivity index (χ3v) is 5.47. The Morgan fingerprint density at radius 2 is 1.90 bits per heavy atom. The number of ether oxygens (including phenoxy) is 1. The molecule has 0 radical (unpaired) electrons. The van der Waals surface area contributed by atoms with E-state index in [0.29, 0.717) is 17.7 Å². The normalized spacial score (nSPS) is 18.4. The molecule has 4 rings (SSSR count). The number of anilines is 1. The van der Waals surface area contributed by atoms with E-state index in [-0.39, 0.29) is 41.9 Å². The van der Waals surface area contributed by atoms with Gasteiger partial charge >= 0.3 is 0 Å². The number of amides is 3. The van der Waals surface area contributed by atoms with Crippen molar-refractivity contribution < 1.29 is 19.1 Å². The lowest BCUT2D eigenvalue weighted by Crippen LogP contribution is -2.36. The molecule has 1 atom stereocenters. The summed E-state index contributed by atoms with van der Waals surface area (Å²) in [6.07, 6.45) is 1.68. The Bertz CT molecular complexity index is 977. The Balaban J connectivity index is 1.55. The predicted octanol–water partition coefficient (Wildman–Crippen LogP) is 3.84. The lowest BCUT2D eigenvalue weighted by molar-refractivity contribution is 0.0475. The quantitative estimate of drug-likeness (QED) is 0.785. The summed E-state index contributed by atoms with van der Waals surface area (Å²) in [5.74, 6) is -0.730. The minimum atomic E-state index is -0.363. The standard InChI is InChI=1S/C23H24N2O4/c1-14(2)17-7-3-4-8-20(17)24-21(26)15-9-10-18-19(12-15)23(28)25(22(18)27)13-16-6-5-11-29-16/h3-4,7-10,12,14,16H,5-6,11,13H2,1-2H3,(H,24,26). The number of hydrogen-bond acceptors (Lipinski definition) is 4. The molecule has 0 saturated carbocycles. The molecule has 2 aromatic carbocycles. The van der Waals surface area contributed by atoms with Gasteiger partial charge in [0.2, 0.25) is 0 Å². The van der Waals surface area contributed by atoms with Gasteiger partial charge in [-0.15, -0.1) is 0 Å². The van der Waals surface area contributed by atoms with Crippen molar-refractivity contribution in [3.05, 3.63) is 64.7 Å². The van der Waals surface area contributed by atoms with Crippen molar-refractivity contribution in [1.82, 2.24) is 4.90 Å². The first-order chi connectivity index (χ1) is 14.0. The summed E-state index contributed by atoms with van der Waals surface area (Å²) < 4.78 is 5.56. The molecule has 2 aliphatic heterocycles. The lowest BCUT2D eigenvalue weighted by atomic mass is 10.0. The number of imide groups is 1. The Morgan fingerprint density at radius 3 is 2.62 bits per heavy atom. The van der Waals surface area contributed by atoms with Crippen LogP contribution in [-0.4, -0.2) is 41.9 Å². The summed E-state index contributed by atoms with van der Waals surface area (Å²) in [6, 6.07) is 12.3. The van der Waals surface area contributed by atoms with Gasteiger partial charge in [0.1, 0.15) is 0 Å². The smallest absolute Gasteiger partial charge is 0.261 e. The van der Waals surface area contributed by atoms with Crippen LogP contribution >= 0.6 is 0 Å². The summed E-state index contributed by atoms with van der Waals surface area (Å²) in [7, 11) is 0. The van der Waals surface area contributed by atoms with E-state index in [2.05, 4.69) is 19.2 Å². The summed E-state index contributed by atoms with van der Waals surface area (Å²) in [6.45, 7) is 5.05. The molecule has 1 fully saturated rings. The SMILES string of the molecule is CC(C)c1ccccc1NC(=O)c1ccc2c(c1)C(=O)N(CC1CCCO1)C2=O. The first-order valence-electron chi connectivity index (χ1n) is 9.98. The molecule has 2 heterocycles. The number of rotatable bonds is 5. The molecular formula is C23H24N2O4. The maximum absolute atomic E-state index is 12.8. The maximum atomic E-state index is 12.8. The van der Waals surface area contributed by atoms with Gasteiger partial charge in [-0.2, -0.15) is 0 Å². The number of hydrogen-bond donors (Lipinski definition) is 1. The van der Waals surface area contributed by atoms with E-state index in [9.17, 15) is 14.4 Å². The Morgan fingerprint density at radius 1 is 1.14 bits per heavy atom. The van der Waals surface area contributed by atoms with Crippen molar-refractivity contribution >= 4 is 23.4 Å². The van der Waals surface area contributed by atoms with E-state index < -0.39 is 0 Å². The van der Waals surface area contributed by atoms with E-state index in [1.54, 1.807) is 12.1 Å². The Labute approximate surface area is 169 Å². The van der Waals surface area contributed by atoms with Crippen molar-refractivity contribution in [2.24, 2.45) is 0 Å². The third-order valence-electron chi connectivity index (χ3n) is 5.47. The lowest BCUT2D eigenvalue weighted by Gasteiger charge is -2.17. The molecule has 1 N–H and O–H groups in total. The molecule has 0 spiro atoms.